The number of anilines is 1. The number of ether oxygens (including phenoxy) is 1. The van der Waals surface area contributed by atoms with Crippen LogP contribution in [0.5, 0.6) is 0 Å². The molecule has 0 amide bonds. The van der Waals surface area contributed by atoms with Gasteiger partial charge in [0.1, 0.15) is 5.82 Å². The molecule has 1 aliphatic heterocycles. The summed E-state index contributed by atoms with van der Waals surface area (Å²) in [6, 6.07) is 0. The number of hydrogen-bond acceptors (Lipinski definition) is 5. The summed E-state index contributed by atoms with van der Waals surface area (Å²) in [6.45, 7) is 5.26. The van der Waals surface area contributed by atoms with Crippen molar-refractivity contribution in [2.75, 3.05) is 25.1 Å². The van der Waals surface area contributed by atoms with Gasteiger partial charge < -0.3 is 15.2 Å². The van der Waals surface area contributed by atoms with E-state index in [1.165, 1.54) is 0 Å². The lowest BCUT2D eigenvalue weighted by Crippen LogP contribution is -2.47. The molecule has 94 valence electrons. The van der Waals surface area contributed by atoms with Gasteiger partial charge in [0, 0.05) is 19.4 Å². The molecule has 2 rings (SSSR count). The van der Waals surface area contributed by atoms with E-state index in [1.54, 1.807) is 6.20 Å². The maximum atomic E-state index is 9.60. The third kappa shape index (κ3) is 2.73. The van der Waals surface area contributed by atoms with Crippen LogP contribution in [0.2, 0.25) is 0 Å². The summed E-state index contributed by atoms with van der Waals surface area (Å²) in [5.74, 6) is 0.765. The predicted molar refractivity (Wildman–Crippen MR) is 65.0 cm³/mol. The largest absolute Gasteiger partial charge is 0.394 e. The van der Waals surface area contributed by atoms with E-state index in [1.807, 2.05) is 13.8 Å². The van der Waals surface area contributed by atoms with Crippen molar-refractivity contribution in [1.29, 1.82) is 0 Å². The highest BCUT2D eigenvalue weighted by Crippen LogP contribution is 2.25. The molecule has 0 spiro atoms. The zero-order valence-electron chi connectivity index (χ0n) is 10.4. The molecule has 2 N–H and O–H groups in total. The van der Waals surface area contributed by atoms with Crippen molar-refractivity contribution in [2.24, 2.45) is 0 Å². The van der Waals surface area contributed by atoms with Crippen molar-refractivity contribution in [3.05, 3.63) is 17.6 Å². The number of aliphatic hydroxyl groups excluding tert-OH is 1. The van der Waals surface area contributed by atoms with Gasteiger partial charge in [-0.15, -0.1) is 0 Å². The summed E-state index contributed by atoms with van der Waals surface area (Å²) in [7, 11) is 0. The molecule has 0 unspecified atom stereocenters. The fourth-order valence-electron chi connectivity index (χ4n) is 1.99. The third-order valence-corrected chi connectivity index (χ3v) is 3.21. The van der Waals surface area contributed by atoms with Crippen LogP contribution in [-0.2, 0) is 4.74 Å². The summed E-state index contributed by atoms with van der Waals surface area (Å²) in [4.78, 5) is 8.71. The summed E-state index contributed by atoms with van der Waals surface area (Å²) < 4.78 is 5.33. The van der Waals surface area contributed by atoms with Crippen molar-refractivity contribution >= 4 is 5.82 Å². The first-order chi connectivity index (χ1) is 8.15. The number of aromatic nitrogens is 2. The molecule has 0 aromatic carbocycles. The number of aliphatic hydroxyl groups is 1. The van der Waals surface area contributed by atoms with E-state index < -0.39 is 0 Å². The van der Waals surface area contributed by atoms with E-state index in [0.717, 1.165) is 30.0 Å². The van der Waals surface area contributed by atoms with E-state index >= 15 is 0 Å². The minimum absolute atomic E-state index is 0.0887. The highest BCUT2D eigenvalue weighted by Gasteiger charge is 2.32. The lowest BCUT2D eigenvalue weighted by molar-refractivity contribution is 0.0378. The second-order valence-corrected chi connectivity index (χ2v) is 4.62. The van der Waals surface area contributed by atoms with Gasteiger partial charge in [0.05, 0.1) is 23.5 Å². The van der Waals surface area contributed by atoms with Gasteiger partial charge in [-0.25, -0.2) is 4.98 Å². The fraction of sp³-hybridized carbons (Fsp3) is 0.667. The van der Waals surface area contributed by atoms with Gasteiger partial charge >= 0.3 is 0 Å². The molecular weight excluding hydrogens is 218 g/mol. The Labute approximate surface area is 101 Å². The first-order valence-electron chi connectivity index (χ1n) is 5.92. The highest BCUT2D eigenvalue weighted by molar-refractivity contribution is 5.42. The van der Waals surface area contributed by atoms with Crippen molar-refractivity contribution < 1.29 is 9.84 Å². The Morgan fingerprint density at radius 2 is 2.12 bits per heavy atom. The maximum absolute atomic E-state index is 9.60. The second-order valence-electron chi connectivity index (χ2n) is 4.62. The lowest BCUT2D eigenvalue weighted by atomic mass is 9.91. The van der Waals surface area contributed by atoms with Crippen LogP contribution < -0.4 is 5.32 Å². The molecule has 17 heavy (non-hydrogen) atoms. The molecule has 0 aliphatic carbocycles. The Morgan fingerprint density at radius 3 is 2.76 bits per heavy atom. The smallest absolute Gasteiger partial charge is 0.148 e. The second kappa shape index (κ2) is 4.98. The van der Waals surface area contributed by atoms with Crippen molar-refractivity contribution in [2.45, 2.75) is 32.2 Å². The van der Waals surface area contributed by atoms with Crippen LogP contribution in [0, 0.1) is 13.8 Å². The van der Waals surface area contributed by atoms with E-state index in [0.29, 0.717) is 13.2 Å². The minimum Gasteiger partial charge on any atom is -0.394 e. The molecule has 1 saturated heterocycles. The molecule has 0 saturated carbocycles. The Hall–Kier alpha value is -1.20. The molecule has 1 aromatic heterocycles. The van der Waals surface area contributed by atoms with Crippen molar-refractivity contribution in [3.8, 4) is 0 Å². The van der Waals surface area contributed by atoms with Gasteiger partial charge in [0.25, 0.3) is 0 Å². The average molecular weight is 237 g/mol. The molecule has 0 atom stereocenters. The topological polar surface area (TPSA) is 67.3 Å². The molecule has 1 aliphatic rings. The van der Waals surface area contributed by atoms with Gasteiger partial charge in [0.2, 0.25) is 0 Å². The average Bonchev–Trinajstić information content (AvgIpc) is 2.35. The zero-order chi connectivity index (χ0) is 12.3. The number of nitrogens with zero attached hydrogens (tertiary/aromatic N) is 2. The Bertz CT molecular complexity index is 389. The Kier molecular flexibility index (Phi) is 3.59. The Balaban J connectivity index is 2.20. The number of rotatable bonds is 3. The number of hydrogen-bond donors (Lipinski definition) is 2. The van der Waals surface area contributed by atoms with Gasteiger partial charge in [-0.1, -0.05) is 0 Å². The van der Waals surface area contributed by atoms with Gasteiger partial charge in [0.15, 0.2) is 0 Å². The molecule has 1 aromatic rings. The van der Waals surface area contributed by atoms with E-state index in [4.69, 9.17) is 4.74 Å². The molecule has 0 radical (unpaired) electrons. The molecule has 5 nitrogen and oxygen atoms in total. The van der Waals surface area contributed by atoms with Crippen LogP contribution >= 0.6 is 0 Å². The predicted octanol–water partition coefficient (Wildman–Crippen LogP) is 1.05. The highest BCUT2D eigenvalue weighted by atomic mass is 16.5. The Morgan fingerprint density at radius 1 is 1.41 bits per heavy atom. The zero-order valence-corrected chi connectivity index (χ0v) is 10.4. The monoisotopic (exact) mass is 237 g/mol. The third-order valence-electron chi connectivity index (χ3n) is 3.21. The van der Waals surface area contributed by atoms with Crippen LogP contribution in [-0.4, -0.2) is 40.4 Å². The summed E-state index contributed by atoms with van der Waals surface area (Å²) in [6.07, 6.45) is 3.33. The molecule has 5 heteroatoms. The van der Waals surface area contributed by atoms with Gasteiger partial charge in [-0.05, 0) is 26.7 Å². The quantitative estimate of drug-likeness (QED) is 0.822. The van der Waals surface area contributed by atoms with E-state index in [2.05, 4.69) is 15.3 Å². The van der Waals surface area contributed by atoms with E-state index in [-0.39, 0.29) is 12.1 Å². The summed E-state index contributed by atoms with van der Waals surface area (Å²) in [5.41, 5.74) is 1.42. The standard InChI is InChI=1S/C12H19N3O2/c1-9-7-13-10(2)11(14-9)15-12(8-16)3-5-17-6-4-12/h7,16H,3-6,8H2,1-2H3,(H,14,15). The van der Waals surface area contributed by atoms with Crippen LogP contribution in [0.3, 0.4) is 0 Å². The summed E-state index contributed by atoms with van der Waals surface area (Å²) in [5, 5.41) is 12.9. The minimum atomic E-state index is -0.314. The first-order valence-corrected chi connectivity index (χ1v) is 5.92. The molecule has 1 fully saturated rings. The van der Waals surface area contributed by atoms with Gasteiger partial charge in [-0.2, -0.15) is 0 Å². The van der Waals surface area contributed by atoms with Gasteiger partial charge in [-0.3, -0.25) is 4.98 Å². The van der Waals surface area contributed by atoms with Crippen LogP contribution in [0.25, 0.3) is 0 Å². The van der Waals surface area contributed by atoms with Crippen molar-refractivity contribution in [1.82, 2.24) is 9.97 Å². The molecule has 2 heterocycles. The van der Waals surface area contributed by atoms with Crippen LogP contribution in [0.15, 0.2) is 6.20 Å². The van der Waals surface area contributed by atoms with Crippen molar-refractivity contribution in [3.63, 3.8) is 0 Å². The summed E-state index contributed by atoms with van der Waals surface area (Å²) >= 11 is 0. The van der Waals surface area contributed by atoms with E-state index in [9.17, 15) is 5.11 Å². The normalized spacial score (nSPS) is 19.0. The first kappa shape index (κ1) is 12.3. The fourth-order valence-corrected chi connectivity index (χ4v) is 1.99. The van der Waals surface area contributed by atoms with Crippen LogP contribution in [0.4, 0.5) is 5.82 Å². The SMILES string of the molecule is Cc1cnc(C)c(NC2(CO)CCOCC2)n1. The lowest BCUT2D eigenvalue weighted by Gasteiger charge is -2.37. The number of nitrogens with one attached hydrogen (secondary N) is 1. The molecular formula is C12H19N3O2. The molecule has 0 bridgehead atoms. The maximum Gasteiger partial charge on any atom is 0.148 e. The van der Waals surface area contributed by atoms with Crippen LogP contribution in [0.1, 0.15) is 24.2 Å². The number of aryl methyl sites for hydroxylation is 2.